The number of aliphatic imine (C=N–C) groups is 1. The van der Waals surface area contributed by atoms with Crippen LogP contribution >= 0.6 is 11.6 Å². The fourth-order valence-electron chi connectivity index (χ4n) is 4.60. The molecule has 6 nitrogen and oxygen atoms in total. The Morgan fingerprint density at radius 3 is 2.83 bits per heavy atom. The lowest BCUT2D eigenvalue weighted by atomic mass is 9.71. The Labute approximate surface area is 144 Å². The fraction of sp³-hybridized carbons (Fsp3) is 0.471. The zero-order chi connectivity index (χ0) is 16.5. The normalized spacial score (nSPS) is 34.8. The molecule has 4 aliphatic heterocycles. The first-order valence-electron chi connectivity index (χ1n) is 8.41. The fourth-order valence-corrected chi connectivity index (χ4v) is 4.77. The highest BCUT2D eigenvalue weighted by Gasteiger charge is 2.51. The molecule has 5 heterocycles. The van der Waals surface area contributed by atoms with Crippen molar-refractivity contribution in [1.82, 2.24) is 4.90 Å². The molecule has 2 aromatic rings. The molecule has 0 radical (unpaired) electrons. The van der Waals surface area contributed by atoms with Gasteiger partial charge < -0.3 is 26.1 Å². The predicted molar refractivity (Wildman–Crippen MR) is 95.0 cm³/mol. The Balaban J connectivity index is 1.69. The molecule has 0 aliphatic carbocycles. The van der Waals surface area contributed by atoms with Gasteiger partial charge in [-0.15, -0.1) is 0 Å². The lowest BCUT2D eigenvalue weighted by Crippen LogP contribution is -2.59. The quantitative estimate of drug-likeness (QED) is 0.737. The third-order valence-electron chi connectivity index (χ3n) is 5.79. The second-order valence-electron chi connectivity index (χ2n) is 7.14. The van der Waals surface area contributed by atoms with Gasteiger partial charge in [-0.05, 0) is 50.0 Å². The molecule has 3 saturated heterocycles. The molecule has 0 saturated carbocycles. The van der Waals surface area contributed by atoms with Crippen LogP contribution in [0.3, 0.4) is 0 Å². The lowest BCUT2D eigenvalue weighted by Gasteiger charge is -2.50. The molecule has 24 heavy (non-hydrogen) atoms. The van der Waals surface area contributed by atoms with Crippen molar-refractivity contribution in [1.29, 1.82) is 0 Å². The maximum Gasteiger partial charge on any atom is 0.195 e. The van der Waals surface area contributed by atoms with E-state index < -0.39 is 5.66 Å². The molecule has 5 N–H and O–H groups in total. The highest BCUT2D eigenvalue weighted by molar-refractivity contribution is 6.31. The monoisotopic (exact) mass is 345 g/mol. The number of hydrogen-bond acceptors (Lipinski definition) is 6. The van der Waals surface area contributed by atoms with Crippen molar-refractivity contribution in [2.24, 2.45) is 28.3 Å². The largest absolute Gasteiger partial charge is 0.455 e. The summed E-state index contributed by atoms with van der Waals surface area (Å²) in [4.78, 5) is 7.09. The van der Waals surface area contributed by atoms with Crippen LogP contribution < -0.4 is 16.8 Å². The summed E-state index contributed by atoms with van der Waals surface area (Å²) < 4.78 is 6.14. The van der Waals surface area contributed by atoms with Crippen LogP contribution in [-0.4, -0.2) is 30.5 Å². The van der Waals surface area contributed by atoms with Gasteiger partial charge in [0.25, 0.3) is 0 Å². The van der Waals surface area contributed by atoms with E-state index in [-0.39, 0.29) is 5.92 Å². The van der Waals surface area contributed by atoms with Crippen LogP contribution in [0.15, 0.2) is 27.6 Å². The minimum atomic E-state index is -0.931. The number of guanidine groups is 1. The van der Waals surface area contributed by atoms with Gasteiger partial charge in [-0.2, -0.15) is 0 Å². The summed E-state index contributed by atoms with van der Waals surface area (Å²) in [6.45, 7) is 3.24. The number of benzene rings is 1. The third kappa shape index (κ3) is 1.93. The van der Waals surface area contributed by atoms with E-state index in [2.05, 4.69) is 15.2 Å². The van der Waals surface area contributed by atoms with Crippen molar-refractivity contribution >= 4 is 34.2 Å². The number of hydrogen-bond donors (Lipinski definition) is 3. The van der Waals surface area contributed by atoms with E-state index in [9.17, 15) is 0 Å². The van der Waals surface area contributed by atoms with Crippen molar-refractivity contribution in [3.8, 4) is 0 Å². The van der Waals surface area contributed by atoms with Crippen LogP contribution in [0.4, 0.5) is 5.69 Å². The molecule has 6 rings (SSSR count). The predicted octanol–water partition coefficient (Wildman–Crippen LogP) is 2.28. The molecule has 2 atom stereocenters. The van der Waals surface area contributed by atoms with E-state index in [1.165, 1.54) is 0 Å². The Kier molecular flexibility index (Phi) is 2.96. The molecule has 0 spiro atoms. The number of furan rings is 1. The average molecular weight is 346 g/mol. The summed E-state index contributed by atoms with van der Waals surface area (Å²) >= 11 is 6.16. The van der Waals surface area contributed by atoms with Crippen LogP contribution in [0.2, 0.25) is 5.02 Å². The van der Waals surface area contributed by atoms with E-state index >= 15 is 0 Å². The van der Waals surface area contributed by atoms with Gasteiger partial charge in [-0.1, -0.05) is 11.6 Å². The lowest BCUT2D eigenvalue weighted by molar-refractivity contribution is 0.00256. The van der Waals surface area contributed by atoms with E-state index in [0.29, 0.717) is 22.7 Å². The first-order valence-corrected chi connectivity index (χ1v) is 8.78. The summed E-state index contributed by atoms with van der Waals surface area (Å²) in [5.41, 5.74) is 13.6. The minimum absolute atomic E-state index is 0.204. The summed E-state index contributed by atoms with van der Waals surface area (Å²) in [5.74, 6) is 1.77. The first-order chi connectivity index (χ1) is 11.5. The van der Waals surface area contributed by atoms with Gasteiger partial charge >= 0.3 is 0 Å². The minimum Gasteiger partial charge on any atom is -0.455 e. The zero-order valence-corrected chi connectivity index (χ0v) is 14.0. The zero-order valence-electron chi connectivity index (χ0n) is 13.3. The molecular weight excluding hydrogens is 326 g/mol. The van der Waals surface area contributed by atoms with E-state index in [4.69, 9.17) is 27.5 Å². The van der Waals surface area contributed by atoms with Crippen LogP contribution in [0, 0.1) is 11.8 Å². The van der Waals surface area contributed by atoms with Crippen LogP contribution in [0.25, 0.3) is 11.0 Å². The Morgan fingerprint density at radius 1 is 1.33 bits per heavy atom. The molecule has 4 aliphatic rings. The van der Waals surface area contributed by atoms with Gasteiger partial charge in [0.05, 0.1) is 5.69 Å². The molecule has 2 unspecified atom stereocenters. The van der Waals surface area contributed by atoms with Crippen molar-refractivity contribution in [2.45, 2.75) is 18.5 Å². The summed E-state index contributed by atoms with van der Waals surface area (Å²) in [6.07, 6.45) is 2.32. The van der Waals surface area contributed by atoms with Gasteiger partial charge in [-0.3, -0.25) is 0 Å². The molecular formula is C17H20ClN5O. The first kappa shape index (κ1) is 14.6. The average Bonchev–Trinajstić information content (AvgIpc) is 2.94. The van der Waals surface area contributed by atoms with Crippen molar-refractivity contribution < 1.29 is 4.42 Å². The Morgan fingerprint density at radius 2 is 2.12 bits per heavy atom. The SMILES string of the molecule is NC1=NC(N)(C2CN3CCC2CC3)c2oc3ccc(Cl)cc3c2N1. The topological polar surface area (TPSA) is 92.8 Å². The van der Waals surface area contributed by atoms with Crippen LogP contribution in [0.1, 0.15) is 18.6 Å². The van der Waals surface area contributed by atoms with Crippen LogP contribution in [-0.2, 0) is 5.66 Å². The summed E-state index contributed by atoms with van der Waals surface area (Å²) in [6, 6.07) is 5.56. The Hall–Kier alpha value is -1.76. The van der Waals surface area contributed by atoms with E-state index in [1.54, 1.807) is 0 Å². The smallest absolute Gasteiger partial charge is 0.195 e. The van der Waals surface area contributed by atoms with Crippen LogP contribution in [0.5, 0.6) is 0 Å². The summed E-state index contributed by atoms with van der Waals surface area (Å²) in [7, 11) is 0. The second-order valence-corrected chi connectivity index (χ2v) is 7.58. The number of fused-ring (bicyclic) bond motifs is 6. The van der Waals surface area contributed by atoms with Gasteiger partial charge in [-0.25, -0.2) is 4.99 Å². The standard InChI is InChI=1S/C17H20ClN5O/c18-10-1-2-13-11(7-10)14-15(24-13)17(20,22-16(19)21-14)12-8-23-5-3-9(12)4-6-23/h1-2,7,9,12H,3-6,8,20H2,(H3,19,21,22). The molecule has 7 heteroatoms. The maximum atomic E-state index is 6.86. The van der Waals surface area contributed by atoms with Gasteiger partial charge in [0.1, 0.15) is 5.58 Å². The molecule has 126 valence electrons. The molecule has 2 bridgehead atoms. The van der Waals surface area contributed by atoms with Gasteiger partial charge in [0.15, 0.2) is 17.4 Å². The van der Waals surface area contributed by atoms with Crippen molar-refractivity contribution in [3.63, 3.8) is 0 Å². The second kappa shape index (κ2) is 4.88. The summed E-state index contributed by atoms with van der Waals surface area (Å²) in [5, 5.41) is 4.68. The number of anilines is 1. The number of nitrogens with zero attached hydrogens (tertiary/aromatic N) is 2. The molecule has 1 aromatic carbocycles. The maximum absolute atomic E-state index is 6.86. The number of nitrogens with one attached hydrogen (secondary N) is 1. The van der Waals surface area contributed by atoms with E-state index in [1.807, 2.05) is 18.2 Å². The van der Waals surface area contributed by atoms with Gasteiger partial charge in [0, 0.05) is 22.9 Å². The van der Waals surface area contributed by atoms with Crippen molar-refractivity contribution in [2.75, 3.05) is 25.0 Å². The van der Waals surface area contributed by atoms with Crippen molar-refractivity contribution in [3.05, 3.63) is 29.0 Å². The molecule has 0 amide bonds. The van der Waals surface area contributed by atoms with E-state index in [0.717, 1.165) is 49.1 Å². The highest BCUT2D eigenvalue weighted by Crippen LogP contribution is 2.48. The number of piperidine rings is 3. The third-order valence-corrected chi connectivity index (χ3v) is 6.03. The number of nitrogens with two attached hydrogens (primary N) is 2. The number of rotatable bonds is 1. The molecule has 3 fully saturated rings. The Bertz CT molecular complexity index is 854. The van der Waals surface area contributed by atoms with Gasteiger partial charge in [0.2, 0.25) is 0 Å². The molecule has 1 aromatic heterocycles. The highest BCUT2D eigenvalue weighted by atomic mass is 35.5. The number of halogens is 1.